The van der Waals surface area contributed by atoms with Gasteiger partial charge in [0.25, 0.3) is 0 Å². The van der Waals surface area contributed by atoms with E-state index < -0.39 is 0 Å². The maximum atomic E-state index is 3.57. The van der Waals surface area contributed by atoms with Crippen molar-refractivity contribution in [2.24, 2.45) is 5.92 Å². The van der Waals surface area contributed by atoms with E-state index in [-0.39, 0.29) is 0 Å². The molecule has 0 radical (unpaired) electrons. The van der Waals surface area contributed by atoms with Crippen LogP contribution in [0.1, 0.15) is 20.3 Å². The van der Waals surface area contributed by atoms with E-state index in [2.05, 4.69) is 32.6 Å². The van der Waals surface area contributed by atoms with Crippen LogP contribution in [-0.2, 0) is 0 Å². The Labute approximate surface area is 64.0 Å². The van der Waals surface area contributed by atoms with Crippen molar-refractivity contribution < 1.29 is 0 Å². The van der Waals surface area contributed by atoms with Gasteiger partial charge in [0, 0.05) is 0 Å². The van der Waals surface area contributed by atoms with Gasteiger partial charge >= 0.3 is 0 Å². The second kappa shape index (κ2) is 6.34. The minimum atomic E-state index is 0.758. The van der Waals surface area contributed by atoms with Crippen LogP contribution in [-0.4, -0.2) is 0 Å². The van der Waals surface area contributed by atoms with Gasteiger partial charge in [-0.05, 0) is 12.3 Å². The SMILES string of the molecule is C=C/C=C/C=C/CC(C)C. The highest BCUT2D eigenvalue weighted by atomic mass is 13.9. The van der Waals surface area contributed by atoms with Gasteiger partial charge in [-0.15, -0.1) is 0 Å². The Hall–Kier alpha value is -0.780. The predicted molar refractivity (Wildman–Crippen MR) is 47.9 cm³/mol. The van der Waals surface area contributed by atoms with E-state index in [1.807, 2.05) is 12.2 Å². The van der Waals surface area contributed by atoms with Crippen molar-refractivity contribution in [2.75, 3.05) is 0 Å². The lowest BCUT2D eigenvalue weighted by Gasteiger charge is -1.94. The first-order chi connectivity index (χ1) is 4.77. The summed E-state index contributed by atoms with van der Waals surface area (Å²) in [5, 5.41) is 0. The van der Waals surface area contributed by atoms with Crippen molar-refractivity contribution in [3.63, 3.8) is 0 Å². The van der Waals surface area contributed by atoms with E-state index in [0.717, 1.165) is 12.3 Å². The van der Waals surface area contributed by atoms with Gasteiger partial charge in [0.05, 0.1) is 0 Å². The highest BCUT2D eigenvalue weighted by Gasteiger charge is 1.84. The maximum absolute atomic E-state index is 3.57. The molecule has 0 unspecified atom stereocenters. The molecule has 0 atom stereocenters. The molecule has 0 spiro atoms. The molecule has 0 heterocycles. The molecule has 0 aromatic heterocycles. The number of hydrogen-bond acceptors (Lipinski definition) is 0. The van der Waals surface area contributed by atoms with Gasteiger partial charge in [0.15, 0.2) is 0 Å². The van der Waals surface area contributed by atoms with Gasteiger partial charge < -0.3 is 0 Å². The Morgan fingerprint density at radius 2 is 1.90 bits per heavy atom. The van der Waals surface area contributed by atoms with Crippen molar-refractivity contribution in [1.82, 2.24) is 0 Å². The number of hydrogen-bond donors (Lipinski definition) is 0. The molecule has 0 amide bonds. The zero-order chi connectivity index (χ0) is 7.82. The molecule has 0 N–H and O–H groups in total. The normalized spacial score (nSPS) is 11.9. The molecule has 0 aliphatic carbocycles. The molecule has 56 valence electrons. The van der Waals surface area contributed by atoms with Gasteiger partial charge in [0.2, 0.25) is 0 Å². The van der Waals surface area contributed by atoms with Crippen LogP contribution in [0.2, 0.25) is 0 Å². The summed E-state index contributed by atoms with van der Waals surface area (Å²) < 4.78 is 0. The zero-order valence-electron chi connectivity index (χ0n) is 6.88. The smallest absolute Gasteiger partial charge is 0.0324 e. The lowest BCUT2D eigenvalue weighted by atomic mass is 10.1. The van der Waals surface area contributed by atoms with Crippen LogP contribution in [0.25, 0.3) is 0 Å². The zero-order valence-corrected chi connectivity index (χ0v) is 6.88. The van der Waals surface area contributed by atoms with Crippen LogP contribution in [0, 0.1) is 5.92 Å². The van der Waals surface area contributed by atoms with Crippen LogP contribution < -0.4 is 0 Å². The molecule has 0 bridgehead atoms. The number of allylic oxidation sites excluding steroid dienone is 5. The van der Waals surface area contributed by atoms with Crippen molar-refractivity contribution in [3.05, 3.63) is 37.0 Å². The van der Waals surface area contributed by atoms with Gasteiger partial charge in [-0.25, -0.2) is 0 Å². The lowest BCUT2D eigenvalue weighted by Crippen LogP contribution is -1.80. The first kappa shape index (κ1) is 9.22. The van der Waals surface area contributed by atoms with Crippen molar-refractivity contribution in [1.29, 1.82) is 0 Å². The van der Waals surface area contributed by atoms with Crippen LogP contribution in [0.15, 0.2) is 37.0 Å². The maximum Gasteiger partial charge on any atom is -0.0324 e. The average Bonchev–Trinajstić information content (AvgIpc) is 1.87. The fourth-order valence-electron chi connectivity index (χ4n) is 0.572. The van der Waals surface area contributed by atoms with Gasteiger partial charge in [-0.2, -0.15) is 0 Å². The third-order valence-corrected chi connectivity index (χ3v) is 1.10. The fourth-order valence-corrected chi connectivity index (χ4v) is 0.572. The lowest BCUT2D eigenvalue weighted by molar-refractivity contribution is 0.664. The third-order valence-electron chi connectivity index (χ3n) is 1.10. The Morgan fingerprint density at radius 3 is 2.40 bits per heavy atom. The van der Waals surface area contributed by atoms with E-state index in [1.165, 1.54) is 0 Å². The third kappa shape index (κ3) is 7.22. The molecule has 10 heavy (non-hydrogen) atoms. The summed E-state index contributed by atoms with van der Waals surface area (Å²) in [5.41, 5.74) is 0. The molecule has 0 nitrogen and oxygen atoms in total. The monoisotopic (exact) mass is 136 g/mol. The summed E-state index contributed by atoms with van der Waals surface area (Å²) in [6.07, 6.45) is 11.1. The van der Waals surface area contributed by atoms with Crippen LogP contribution in [0.3, 0.4) is 0 Å². The average molecular weight is 136 g/mol. The molecule has 0 aliphatic rings. The highest BCUT2D eigenvalue weighted by molar-refractivity contribution is 5.08. The molecule has 0 aromatic carbocycles. The molecular formula is C10H16. The molecule has 0 heteroatoms. The van der Waals surface area contributed by atoms with Crippen molar-refractivity contribution in [2.45, 2.75) is 20.3 Å². The Morgan fingerprint density at radius 1 is 1.20 bits per heavy atom. The van der Waals surface area contributed by atoms with Gasteiger partial charge in [0.1, 0.15) is 0 Å². The molecule has 0 saturated carbocycles. The summed E-state index contributed by atoms with van der Waals surface area (Å²) in [5.74, 6) is 0.758. The highest BCUT2D eigenvalue weighted by Crippen LogP contribution is 1.99. The summed E-state index contributed by atoms with van der Waals surface area (Å²) in [7, 11) is 0. The summed E-state index contributed by atoms with van der Waals surface area (Å²) in [6.45, 7) is 7.99. The standard InChI is InChI=1S/C10H16/c1-4-5-6-7-8-9-10(2)3/h4-8,10H,1,9H2,2-3H3/b6-5+,8-7+. The van der Waals surface area contributed by atoms with Crippen molar-refractivity contribution in [3.8, 4) is 0 Å². The van der Waals surface area contributed by atoms with Gasteiger partial charge in [-0.3, -0.25) is 0 Å². The molecule has 0 aromatic rings. The Balaban J connectivity index is 3.37. The van der Waals surface area contributed by atoms with Crippen LogP contribution in [0.4, 0.5) is 0 Å². The van der Waals surface area contributed by atoms with E-state index in [9.17, 15) is 0 Å². The summed E-state index contributed by atoms with van der Waals surface area (Å²) in [4.78, 5) is 0. The van der Waals surface area contributed by atoms with Gasteiger partial charge in [-0.1, -0.05) is 50.8 Å². The first-order valence-electron chi connectivity index (χ1n) is 3.71. The quantitative estimate of drug-likeness (QED) is 0.520. The Bertz CT molecular complexity index is 127. The molecule has 0 aliphatic heterocycles. The summed E-state index contributed by atoms with van der Waals surface area (Å²) in [6, 6.07) is 0. The van der Waals surface area contributed by atoms with E-state index >= 15 is 0 Å². The fraction of sp³-hybridized carbons (Fsp3) is 0.400. The topological polar surface area (TPSA) is 0 Å². The predicted octanol–water partition coefficient (Wildman–Crippen LogP) is 3.33. The molecule has 0 rings (SSSR count). The van der Waals surface area contributed by atoms with E-state index in [1.54, 1.807) is 6.08 Å². The largest absolute Gasteiger partial charge is 0.0991 e. The molecule has 0 saturated heterocycles. The summed E-state index contributed by atoms with van der Waals surface area (Å²) >= 11 is 0. The van der Waals surface area contributed by atoms with E-state index in [0.29, 0.717) is 0 Å². The van der Waals surface area contributed by atoms with Crippen LogP contribution >= 0.6 is 0 Å². The second-order valence-electron chi connectivity index (χ2n) is 2.68. The minimum absolute atomic E-state index is 0.758. The Kier molecular flexibility index (Phi) is 5.85. The molecular weight excluding hydrogens is 120 g/mol. The van der Waals surface area contributed by atoms with Crippen LogP contribution in [0.5, 0.6) is 0 Å². The minimum Gasteiger partial charge on any atom is -0.0991 e. The molecule has 0 fully saturated rings. The van der Waals surface area contributed by atoms with Crippen molar-refractivity contribution >= 4 is 0 Å². The first-order valence-corrected chi connectivity index (χ1v) is 3.71. The number of rotatable bonds is 4. The van der Waals surface area contributed by atoms with E-state index in [4.69, 9.17) is 0 Å². The second-order valence-corrected chi connectivity index (χ2v) is 2.68.